The van der Waals surface area contributed by atoms with Crippen molar-refractivity contribution in [2.75, 3.05) is 0 Å². The van der Waals surface area contributed by atoms with E-state index in [1.807, 2.05) is 13.8 Å². The molecule has 0 saturated carbocycles. The van der Waals surface area contributed by atoms with Crippen LogP contribution in [0.25, 0.3) is 0 Å². The molecule has 1 rings (SSSR count). The number of hydrogen-bond acceptors (Lipinski definition) is 1. The minimum Gasteiger partial charge on any atom is -0.287 e. The van der Waals surface area contributed by atoms with Gasteiger partial charge >= 0.3 is 0 Å². The lowest BCUT2D eigenvalue weighted by atomic mass is 9.88. The molecule has 1 aliphatic rings. The fourth-order valence-electron chi connectivity index (χ4n) is 0.940. The summed E-state index contributed by atoms with van der Waals surface area (Å²) in [7, 11) is 0. The summed E-state index contributed by atoms with van der Waals surface area (Å²) in [5.74, 6) is -0.285. The van der Waals surface area contributed by atoms with E-state index in [2.05, 4.69) is 0 Å². The van der Waals surface area contributed by atoms with E-state index in [0.29, 0.717) is 0 Å². The number of allylic oxidation sites excluding steroid dienone is 4. The summed E-state index contributed by atoms with van der Waals surface area (Å²) in [5, 5.41) is 0.421. The van der Waals surface area contributed by atoms with Crippen molar-refractivity contribution < 1.29 is 4.79 Å². The molecule has 0 atom stereocenters. The van der Waals surface area contributed by atoms with Crippen molar-refractivity contribution in [2.45, 2.75) is 13.8 Å². The molecular weight excluding hydrogens is 183 g/mol. The van der Waals surface area contributed by atoms with Gasteiger partial charge in [-0.15, -0.1) is 0 Å². The first kappa shape index (κ1) is 8.82. The number of hydrogen-bond donors (Lipinski definition) is 0. The molecule has 0 unspecified atom stereocenters. The Morgan fingerprint density at radius 3 is 1.91 bits per heavy atom. The van der Waals surface area contributed by atoms with E-state index >= 15 is 0 Å². The Morgan fingerprint density at radius 1 is 1.18 bits per heavy atom. The Hall–Kier alpha value is -0.270. The van der Waals surface area contributed by atoms with E-state index in [1.54, 1.807) is 12.2 Å². The lowest BCUT2D eigenvalue weighted by molar-refractivity contribution is -0.111. The van der Waals surface area contributed by atoms with E-state index < -0.39 is 0 Å². The second-order valence-corrected chi connectivity index (χ2v) is 3.95. The summed E-state index contributed by atoms with van der Waals surface area (Å²) in [6, 6.07) is 0. The van der Waals surface area contributed by atoms with Crippen LogP contribution < -0.4 is 0 Å². The van der Waals surface area contributed by atoms with E-state index in [0.717, 1.165) is 0 Å². The Labute approximate surface area is 75.7 Å². The summed E-state index contributed by atoms with van der Waals surface area (Å²) in [4.78, 5) is 11.0. The fourth-order valence-corrected chi connectivity index (χ4v) is 1.75. The number of ketones is 1. The van der Waals surface area contributed by atoms with Gasteiger partial charge < -0.3 is 0 Å². The third kappa shape index (κ3) is 1.85. The average molecular weight is 191 g/mol. The van der Waals surface area contributed by atoms with Gasteiger partial charge in [0, 0.05) is 5.41 Å². The lowest BCUT2D eigenvalue weighted by Crippen LogP contribution is -2.14. The smallest absolute Gasteiger partial charge is 0.215 e. The maximum atomic E-state index is 11.0. The third-order valence-electron chi connectivity index (χ3n) is 1.43. The largest absolute Gasteiger partial charge is 0.287 e. The Bertz CT molecular complexity index is 237. The van der Waals surface area contributed by atoms with E-state index in [4.69, 9.17) is 23.2 Å². The van der Waals surface area contributed by atoms with Gasteiger partial charge in [-0.1, -0.05) is 49.2 Å². The summed E-state index contributed by atoms with van der Waals surface area (Å²) < 4.78 is 0. The second kappa shape index (κ2) is 2.65. The van der Waals surface area contributed by atoms with Crippen LogP contribution in [0.1, 0.15) is 13.8 Å². The van der Waals surface area contributed by atoms with Crippen LogP contribution >= 0.6 is 23.2 Å². The van der Waals surface area contributed by atoms with E-state index in [9.17, 15) is 4.79 Å². The highest BCUT2D eigenvalue weighted by Crippen LogP contribution is 2.32. The van der Waals surface area contributed by atoms with Crippen LogP contribution in [0.3, 0.4) is 0 Å². The highest BCUT2D eigenvalue weighted by atomic mass is 35.5. The number of rotatable bonds is 0. The van der Waals surface area contributed by atoms with Crippen LogP contribution in [-0.2, 0) is 4.79 Å². The third-order valence-corrected chi connectivity index (χ3v) is 1.99. The standard InChI is InChI=1S/C8H8Cl2O/c1-8(2)3-5(9)7(11)6(10)4-8/h3-4H,1-2H3. The SMILES string of the molecule is CC1(C)C=C(Cl)C(=O)C(Cl)=C1. The maximum Gasteiger partial charge on any atom is 0.215 e. The predicted octanol–water partition coefficient (Wildman–Crippen LogP) is 2.84. The van der Waals surface area contributed by atoms with Gasteiger partial charge in [0.15, 0.2) is 0 Å². The molecule has 0 bridgehead atoms. The summed E-state index contributed by atoms with van der Waals surface area (Å²) in [6.07, 6.45) is 3.39. The first-order valence-corrected chi connectivity index (χ1v) is 3.99. The molecule has 1 aliphatic carbocycles. The van der Waals surface area contributed by atoms with E-state index in [-0.39, 0.29) is 21.3 Å². The molecule has 0 aromatic carbocycles. The van der Waals surface area contributed by atoms with Gasteiger partial charge in [-0.2, -0.15) is 0 Å². The summed E-state index contributed by atoms with van der Waals surface area (Å²) in [5.41, 5.74) is -0.206. The molecule has 11 heavy (non-hydrogen) atoms. The molecule has 0 N–H and O–H groups in total. The molecule has 3 heteroatoms. The first-order chi connectivity index (χ1) is 4.92. The molecule has 0 radical (unpaired) electrons. The molecule has 0 fully saturated rings. The van der Waals surface area contributed by atoms with Gasteiger partial charge in [0.1, 0.15) is 0 Å². The maximum absolute atomic E-state index is 11.0. The van der Waals surface area contributed by atoms with Crippen molar-refractivity contribution in [3.05, 3.63) is 22.2 Å². The topological polar surface area (TPSA) is 17.1 Å². The lowest BCUT2D eigenvalue weighted by Gasteiger charge is -2.20. The molecule has 0 saturated heterocycles. The number of Topliss-reactive ketones (excluding diaryl/α,β-unsaturated/α-hetero) is 1. The van der Waals surface area contributed by atoms with Crippen molar-refractivity contribution in [1.29, 1.82) is 0 Å². The normalized spacial score (nSPS) is 22.7. The van der Waals surface area contributed by atoms with Gasteiger partial charge in [0.25, 0.3) is 0 Å². The van der Waals surface area contributed by atoms with Crippen molar-refractivity contribution in [2.24, 2.45) is 5.41 Å². The molecule has 0 amide bonds. The zero-order valence-electron chi connectivity index (χ0n) is 6.32. The van der Waals surface area contributed by atoms with Crippen molar-refractivity contribution in [1.82, 2.24) is 0 Å². The molecule has 0 aliphatic heterocycles. The van der Waals surface area contributed by atoms with Crippen LogP contribution in [0.2, 0.25) is 0 Å². The van der Waals surface area contributed by atoms with E-state index in [1.165, 1.54) is 0 Å². The zero-order chi connectivity index (χ0) is 8.65. The first-order valence-electron chi connectivity index (χ1n) is 3.24. The molecular formula is C8H8Cl2O. The average Bonchev–Trinajstić information content (AvgIpc) is 1.81. The second-order valence-electron chi connectivity index (χ2n) is 3.14. The Kier molecular flexibility index (Phi) is 2.13. The summed E-state index contributed by atoms with van der Waals surface area (Å²) >= 11 is 11.3. The predicted molar refractivity (Wildman–Crippen MR) is 46.7 cm³/mol. The molecule has 0 spiro atoms. The van der Waals surface area contributed by atoms with Gasteiger partial charge in [-0.25, -0.2) is 0 Å². The van der Waals surface area contributed by atoms with Gasteiger partial charge in [-0.3, -0.25) is 4.79 Å². The minimum absolute atomic E-state index is 0.206. The fraction of sp³-hybridized carbons (Fsp3) is 0.375. The van der Waals surface area contributed by atoms with Gasteiger partial charge in [0.05, 0.1) is 10.1 Å². The zero-order valence-corrected chi connectivity index (χ0v) is 7.83. The number of carbonyl (C=O) groups is 1. The molecule has 0 aromatic heterocycles. The van der Waals surface area contributed by atoms with Crippen molar-refractivity contribution >= 4 is 29.0 Å². The van der Waals surface area contributed by atoms with Crippen LogP contribution in [0.5, 0.6) is 0 Å². The monoisotopic (exact) mass is 190 g/mol. The van der Waals surface area contributed by atoms with Crippen molar-refractivity contribution in [3.63, 3.8) is 0 Å². The molecule has 0 aromatic rings. The van der Waals surface area contributed by atoms with Crippen LogP contribution in [0.4, 0.5) is 0 Å². The highest BCUT2D eigenvalue weighted by Gasteiger charge is 2.24. The van der Waals surface area contributed by atoms with Crippen LogP contribution in [0, 0.1) is 5.41 Å². The Morgan fingerprint density at radius 2 is 1.55 bits per heavy atom. The van der Waals surface area contributed by atoms with Crippen LogP contribution in [0.15, 0.2) is 22.2 Å². The van der Waals surface area contributed by atoms with Gasteiger partial charge in [-0.05, 0) is 0 Å². The van der Waals surface area contributed by atoms with Crippen LogP contribution in [-0.4, -0.2) is 5.78 Å². The molecule has 0 heterocycles. The number of carbonyl (C=O) groups excluding carboxylic acids is 1. The quantitative estimate of drug-likeness (QED) is 0.575. The van der Waals surface area contributed by atoms with Gasteiger partial charge in [0.2, 0.25) is 5.78 Å². The number of halogens is 2. The minimum atomic E-state index is -0.285. The molecule has 1 nitrogen and oxygen atoms in total. The Balaban J connectivity index is 3.08. The summed E-state index contributed by atoms with van der Waals surface area (Å²) in [6.45, 7) is 3.87. The molecule has 60 valence electrons. The highest BCUT2D eigenvalue weighted by molar-refractivity contribution is 6.54. The van der Waals surface area contributed by atoms with Crippen molar-refractivity contribution in [3.8, 4) is 0 Å².